The molecule has 8 nitrogen and oxygen atoms in total. The van der Waals surface area contributed by atoms with E-state index >= 15 is 0 Å². The van der Waals surface area contributed by atoms with Crippen LogP contribution in [-0.4, -0.2) is 48.0 Å². The van der Waals surface area contributed by atoms with Gasteiger partial charge in [0.25, 0.3) is 11.7 Å². The highest BCUT2D eigenvalue weighted by Crippen LogP contribution is 2.42. The summed E-state index contributed by atoms with van der Waals surface area (Å²) >= 11 is 0. The summed E-state index contributed by atoms with van der Waals surface area (Å²) in [5, 5.41) is 11.2. The summed E-state index contributed by atoms with van der Waals surface area (Å²) in [6.07, 6.45) is 3.24. The molecule has 1 saturated heterocycles. The highest BCUT2D eigenvalue weighted by atomic mass is 16.5. The van der Waals surface area contributed by atoms with Crippen molar-refractivity contribution in [2.45, 2.75) is 12.6 Å². The molecule has 0 unspecified atom stereocenters. The Labute approximate surface area is 197 Å². The number of likely N-dealkylation sites (tertiary alicyclic amines) is 1. The van der Waals surface area contributed by atoms with Crippen molar-refractivity contribution in [3.8, 4) is 17.2 Å². The lowest BCUT2D eigenvalue weighted by Gasteiger charge is -2.26. The fourth-order valence-corrected chi connectivity index (χ4v) is 4.00. The van der Waals surface area contributed by atoms with E-state index in [9.17, 15) is 14.7 Å². The molecule has 1 fully saturated rings. The number of rotatable bonds is 7. The van der Waals surface area contributed by atoms with Crippen LogP contribution in [-0.2, 0) is 16.1 Å². The van der Waals surface area contributed by atoms with Crippen molar-refractivity contribution < 1.29 is 28.9 Å². The number of pyridine rings is 1. The number of aliphatic hydroxyl groups is 1. The Morgan fingerprint density at radius 2 is 1.59 bits per heavy atom. The maximum Gasteiger partial charge on any atom is 0.295 e. The standard InChI is InChI=1S/C26H24N2O6/c1-32-19-7-4-17(5-8-19)24(29)22-23(18-6-9-20(33-2)21(14-18)34-3)28(26(31)25(22)30)15-16-10-12-27-13-11-16/h4-14,23,29H,15H2,1-3H3/t23-/m0/s1. The van der Waals surface area contributed by atoms with Crippen LogP contribution in [0.15, 0.2) is 72.6 Å². The zero-order valence-corrected chi connectivity index (χ0v) is 19.0. The SMILES string of the molecule is COc1ccc(C(O)=C2C(=O)C(=O)N(Cc3ccncc3)[C@H]2c2ccc(OC)c(OC)c2)cc1. The Morgan fingerprint density at radius 3 is 2.21 bits per heavy atom. The molecule has 34 heavy (non-hydrogen) atoms. The second kappa shape index (κ2) is 9.66. The van der Waals surface area contributed by atoms with E-state index in [2.05, 4.69) is 4.98 Å². The minimum absolute atomic E-state index is 0.00329. The van der Waals surface area contributed by atoms with Crippen LogP contribution >= 0.6 is 0 Å². The molecule has 3 aromatic rings. The number of hydrogen-bond donors (Lipinski definition) is 1. The molecule has 1 aromatic heterocycles. The number of Topliss-reactive ketones (excluding diaryl/α,β-unsaturated/α-hetero) is 1. The number of methoxy groups -OCH3 is 3. The normalized spacial score (nSPS) is 17.0. The number of aliphatic hydroxyl groups excluding tert-OH is 1. The van der Waals surface area contributed by atoms with Crippen molar-refractivity contribution in [1.82, 2.24) is 9.88 Å². The number of ether oxygens (including phenoxy) is 3. The van der Waals surface area contributed by atoms with Crippen molar-refractivity contribution >= 4 is 17.4 Å². The third kappa shape index (κ3) is 4.17. The number of ketones is 1. The van der Waals surface area contributed by atoms with Gasteiger partial charge in [0, 0.05) is 24.5 Å². The average molecular weight is 460 g/mol. The second-order valence-electron chi connectivity index (χ2n) is 7.63. The zero-order chi connectivity index (χ0) is 24.2. The van der Waals surface area contributed by atoms with E-state index in [-0.39, 0.29) is 17.9 Å². The Balaban J connectivity index is 1.87. The number of aromatic nitrogens is 1. The monoisotopic (exact) mass is 460 g/mol. The number of nitrogens with zero attached hydrogens (tertiary/aromatic N) is 2. The number of hydrogen-bond acceptors (Lipinski definition) is 7. The summed E-state index contributed by atoms with van der Waals surface area (Å²) in [6, 6.07) is 14.5. The lowest BCUT2D eigenvalue weighted by molar-refractivity contribution is -0.140. The molecule has 4 rings (SSSR count). The number of carbonyl (C=O) groups excluding carboxylic acids is 2. The van der Waals surface area contributed by atoms with E-state index in [4.69, 9.17) is 14.2 Å². The van der Waals surface area contributed by atoms with Crippen molar-refractivity contribution in [1.29, 1.82) is 0 Å². The van der Waals surface area contributed by atoms with E-state index < -0.39 is 17.7 Å². The van der Waals surface area contributed by atoms with Gasteiger partial charge in [-0.05, 0) is 59.7 Å². The number of benzene rings is 2. The molecule has 1 aliphatic heterocycles. The quantitative estimate of drug-likeness (QED) is 0.326. The van der Waals surface area contributed by atoms with Crippen LogP contribution in [0, 0.1) is 0 Å². The molecule has 1 N–H and O–H groups in total. The van der Waals surface area contributed by atoms with Crippen molar-refractivity contribution in [2.75, 3.05) is 21.3 Å². The summed E-state index contributed by atoms with van der Waals surface area (Å²) in [5.74, 6) is -0.176. The lowest BCUT2D eigenvalue weighted by atomic mass is 9.94. The Hall–Kier alpha value is -4.33. The van der Waals surface area contributed by atoms with Crippen LogP contribution in [0.3, 0.4) is 0 Å². The number of carbonyl (C=O) groups is 2. The molecule has 0 radical (unpaired) electrons. The zero-order valence-electron chi connectivity index (χ0n) is 19.0. The topological polar surface area (TPSA) is 98.2 Å². The van der Waals surface area contributed by atoms with Gasteiger partial charge in [0.2, 0.25) is 0 Å². The Morgan fingerprint density at radius 1 is 0.912 bits per heavy atom. The molecule has 2 aromatic carbocycles. The Bertz CT molecular complexity index is 1240. The summed E-state index contributed by atoms with van der Waals surface area (Å²) in [7, 11) is 4.57. The molecular formula is C26H24N2O6. The molecular weight excluding hydrogens is 436 g/mol. The highest BCUT2D eigenvalue weighted by Gasteiger charge is 2.46. The fraction of sp³-hybridized carbons (Fsp3) is 0.192. The van der Waals surface area contributed by atoms with Gasteiger partial charge in [0.05, 0.1) is 32.9 Å². The minimum Gasteiger partial charge on any atom is -0.507 e. The van der Waals surface area contributed by atoms with Gasteiger partial charge in [-0.25, -0.2) is 0 Å². The predicted molar refractivity (Wildman–Crippen MR) is 125 cm³/mol. The fourth-order valence-electron chi connectivity index (χ4n) is 4.00. The van der Waals surface area contributed by atoms with Crippen molar-refractivity contribution in [3.63, 3.8) is 0 Å². The maximum atomic E-state index is 13.2. The molecule has 0 saturated carbocycles. The molecule has 1 aliphatic rings. The first-order valence-electron chi connectivity index (χ1n) is 10.5. The van der Waals surface area contributed by atoms with Crippen molar-refractivity contribution in [3.05, 3.63) is 89.3 Å². The van der Waals surface area contributed by atoms with Crippen LogP contribution in [0.4, 0.5) is 0 Å². The van der Waals surface area contributed by atoms with Crippen LogP contribution in [0.2, 0.25) is 0 Å². The van der Waals surface area contributed by atoms with Gasteiger partial charge in [-0.3, -0.25) is 14.6 Å². The third-order valence-corrected chi connectivity index (χ3v) is 5.73. The predicted octanol–water partition coefficient (Wildman–Crippen LogP) is 3.73. The van der Waals surface area contributed by atoms with Gasteiger partial charge < -0.3 is 24.2 Å². The van der Waals surface area contributed by atoms with Gasteiger partial charge in [-0.15, -0.1) is 0 Å². The average Bonchev–Trinajstić information content (AvgIpc) is 3.13. The van der Waals surface area contributed by atoms with E-state index in [1.807, 2.05) is 0 Å². The molecule has 2 heterocycles. The Kier molecular flexibility index (Phi) is 6.49. The summed E-state index contributed by atoms with van der Waals surface area (Å²) in [4.78, 5) is 31.8. The highest BCUT2D eigenvalue weighted by molar-refractivity contribution is 6.46. The molecule has 1 amide bonds. The van der Waals surface area contributed by atoms with E-state index in [0.717, 1.165) is 5.56 Å². The molecule has 8 heteroatoms. The first-order chi connectivity index (χ1) is 16.5. The van der Waals surface area contributed by atoms with E-state index in [0.29, 0.717) is 28.4 Å². The van der Waals surface area contributed by atoms with Gasteiger partial charge in [0.1, 0.15) is 11.5 Å². The molecule has 174 valence electrons. The van der Waals surface area contributed by atoms with Crippen LogP contribution < -0.4 is 14.2 Å². The van der Waals surface area contributed by atoms with E-state index in [1.165, 1.54) is 26.2 Å². The first-order valence-corrected chi connectivity index (χ1v) is 10.5. The first kappa shape index (κ1) is 22.8. The maximum absolute atomic E-state index is 13.2. The van der Waals surface area contributed by atoms with Crippen molar-refractivity contribution in [2.24, 2.45) is 0 Å². The van der Waals surface area contributed by atoms with Gasteiger partial charge in [0.15, 0.2) is 11.5 Å². The van der Waals surface area contributed by atoms with Gasteiger partial charge >= 0.3 is 0 Å². The molecule has 0 aliphatic carbocycles. The summed E-state index contributed by atoms with van der Waals surface area (Å²) in [5.41, 5.74) is 1.79. The van der Waals surface area contributed by atoms with Crippen LogP contribution in [0.1, 0.15) is 22.7 Å². The van der Waals surface area contributed by atoms with Gasteiger partial charge in [-0.2, -0.15) is 0 Å². The van der Waals surface area contributed by atoms with Gasteiger partial charge in [-0.1, -0.05) is 6.07 Å². The molecule has 1 atom stereocenters. The smallest absolute Gasteiger partial charge is 0.295 e. The molecule has 0 bridgehead atoms. The largest absolute Gasteiger partial charge is 0.507 e. The van der Waals surface area contributed by atoms with Crippen LogP contribution in [0.5, 0.6) is 17.2 Å². The number of amides is 1. The summed E-state index contributed by atoms with van der Waals surface area (Å²) < 4.78 is 15.9. The lowest BCUT2D eigenvalue weighted by Crippen LogP contribution is -2.29. The van der Waals surface area contributed by atoms with Crippen LogP contribution in [0.25, 0.3) is 5.76 Å². The minimum atomic E-state index is -0.838. The molecule has 0 spiro atoms. The second-order valence-corrected chi connectivity index (χ2v) is 7.63. The summed E-state index contributed by atoms with van der Waals surface area (Å²) in [6.45, 7) is 0.158. The third-order valence-electron chi connectivity index (χ3n) is 5.73. The van der Waals surface area contributed by atoms with E-state index in [1.54, 1.807) is 67.0 Å².